The van der Waals surface area contributed by atoms with Crippen LogP contribution < -0.4 is 4.74 Å². The molecular formula is C10H8N4O4. The van der Waals surface area contributed by atoms with Gasteiger partial charge in [0.15, 0.2) is 0 Å². The Labute approximate surface area is 101 Å². The molecule has 0 heterocycles. The van der Waals surface area contributed by atoms with Gasteiger partial charge < -0.3 is 20.9 Å². The standard InChI is InChI=1S/C8H6N2O2.C2H2N2O2/c9-10-6-8(11)12-7-4-2-1-3-5-7;3-4-1-2(5)6/h1-6H;1H,(H,5,6). The minimum atomic E-state index is -1.25. The van der Waals surface area contributed by atoms with Crippen LogP contribution >= 0.6 is 0 Å². The quantitative estimate of drug-likeness (QED) is 0.269. The van der Waals surface area contributed by atoms with Crippen molar-refractivity contribution >= 4 is 24.4 Å². The van der Waals surface area contributed by atoms with Crippen molar-refractivity contribution in [1.82, 2.24) is 0 Å². The smallest absolute Gasteiger partial charge is 0.419 e. The van der Waals surface area contributed by atoms with Crippen molar-refractivity contribution in [1.29, 1.82) is 0 Å². The van der Waals surface area contributed by atoms with E-state index in [1.807, 2.05) is 0 Å². The molecule has 0 saturated carbocycles. The Morgan fingerprint density at radius 2 is 1.67 bits per heavy atom. The first-order chi connectivity index (χ1) is 8.60. The van der Waals surface area contributed by atoms with E-state index in [2.05, 4.69) is 9.58 Å². The third-order valence-corrected chi connectivity index (χ3v) is 1.29. The van der Waals surface area contributed by atoms with Gasteiger partial charge >= 0.3 is 24.4 Å². The molecule has 1 rings (SSSR count). The van der Waals surface area contributed by atoms with Gasteiger partial charge in [-0.15, -0.1) is 0 Å². The molecule has 0 radical (unpaired) electrons. The molecular weight excluding hydrogens is 240 g/mol. The van der Waals surface area contributed by atoms with Crippen LogP contribution in [0.25, 0.3) is 11.1 Å². The van der Waals surface area contributed by atoms with Crippen LogP contribution in [0.3, 0.4) is 0 Å². The van der Waals surface area contributed by atoms with Gasteiger partial charge in [0.2, 0.25) is 0 Å². The van der Waals surface area contributed by atoms with E-state index in [1.165, 1.54) is 0 Å². The highest BCUT2D eigenvalue weighted by Gasteiger charge is 2.03. The van der Waals surface area contributed by atoms with Crippen LogP contribution in [0.15, 0.2) is 30.3 Å². The molecule has 1 aromatic rings. The van der Waals surface area contributed by atoms with Crippen molar-refractivity contribution < 1.29 is 29.0 Å². The summed E-state index contributed by atoms with van der Waals surface area (Å²) in [5.41, 5.74) is 15.4. The Hall–Kier alpha value is -3.08. The van der Waals surface area contributed by atoms with Gasteiger partial charge in [0.1, 0.15) is 5.75 Å². The lowest BCUT2D eigenvalue weighted by Crippen LogP contribution is -2.09. The third-order valence-electron chi connectivity index (χ3n) is 1.29. The highest BCUT2D eigenvalue weighted by Crippen LogP contribution is 2.07. The van der Waals surface area contributed by atoms with Crippen molar-refractivity contribution in [2.45, 2.75) is 0 Å². The number of esters is 1. The minimum Gasteiger partial charge on any atom is -0.473 e. The molecule has 18 heavy (non-hydrogen) atoms. The summed E-state index contributed by atoms with van der Waals surface area (Å²) in [5, 5.41) is 7.60. The van der Waals surface area contributed by atoms with Crippen molar-refractivity contribution in [3.8, 4) is 5.75 Å². The maximum atomic E-state index is 10.7. The molecule has 0 saturated heterocycles. The summed E-state index contributed by atoms with van der Waals surface area (Å²) in [6, 6.07) is 8.53. The average molecular weight is 248 g/mol. The summed E-state index contributed by atoms with van der Waals surface area (Å²) in [4.78, 5) is 24.7. The van der Waals surface area contributed by atoms with Gasteiger partial charge in [-0.1, -0.05) is 18.2 Å². The van der Waals surface area contributed by atoms with E-state index in [4.69, 9.17) is 20.9 Å². The molecule has 0 spiro atoms. The number of hydrogen-bond donors (Lipinski definition) is 1. The Balaban J connectivity index is 0.000000411. The van der Waals surface area contributed by atoms with Gasteiger partial charge in [-0.25, -0.2) is 9.59 Å². The topological polar surface area (TPSA) is 136 Å². The Kier molecular flexibility index (Phi) is 7.60. The van der Waals surface area contributed by atoms with E-state index in [-0.39, 0.29) is 0 Å². The Morgan fingerprint density at radius 1 is 1.11 bits per heavy atom. The normalized spacial score (nSPS) is 7.56. The van der Waals surface area contributed by atoms with Gasteiger partial charge in [0, 0.05) is 0 Å². The van der Waals surface area contributed by atoms with Crippen molar-refractivity contribution in [2.24, 2.45) is 0 Å². The second-order valence-electron chi connectivity index (χ2n) is 2.56. The van der Waals surface area contributed by atoms with Crippen molar-refractivity contribution in [3.05, 3.63) is 41.4 Å². The molecule has 0 aliphatic carbocycles. The number of nitrogens with zero attached hydrogens (tertiary/aromatic N) is 4. The number of benzene rings is 1. The lowest BCUT2D eigenvalue weighted by Gasteiger charge is -1.95. The maximum Gasteiger partial charge on any atom is 0.419 e. The summed E-state index contributed by atoms with van der Waals surface area (Å²) >= 11 is 0. The number of ether oxygens (including phenoxy) is 1. The molecule has 0 unspecified atom stereocenters. The molecule has 1 N–H and O–H groups in total. The number of carbonyl (C=O) groups is 2. The molecule has 0 aliphatic rings. The SMILES string of the molecule is [N-]=[N+]=CC(=O)O.[N-]=[N+]=CC(=O)Oc1ccccc1. The van der Waals surface area contributed by atoms with E-state index >= 15 is 0 Å². The van der Waals surface area contributed by atoms with E-state index < -0.39 is 11.9 Å². The minimum absolute atomic E-state index is 0.389. The summed E-state index contributed by atoms with van der Waals surface area (Å²) in [6.45, 7) is 0. The number of carboxylic acid groups (broad SMARTS) is 1. The van der Waals surface area contributed by atoms with Gasteiger partial charge in [-0.3, -0.25) is 0 Å². The second kappa shape index (κ2) is 9.17. The number of aliphatic carboxylic acids is 1. The van der Waals surface area contributed by atoms with Crippen molar-refractivity contribution in [2.75, 3.05) is 0 Å². The molecule has 0 aromatic heterocycles. The number of hydrogen-bond acceptors (Lipinski definition) is 3. The molecule has 0 amide bonds. The fraction of sp³-hybridized carbons (Fsp3) is 0. The Morgan fingerprint density at radius 3 is 2.06 bits per heavy atom. The zero-order chi connectivity index (χ0) is 13.8. The van der Waals surface area contributed by atoms with Gasteiger partial charge in [0.05, 0.1) is 0 Å². The lowest BCUT2D eigenvalue weighted by atomic mass is 10.3. The summed E-state index contributed by atoms with van der Waals surface area (Å²) in [6.07, 6.45) is 1.08. The third kappa shape index (κ3) is 8.25. The predicted molar refractivity (Wildman–Crippen MR) is 59.1 cm³/mol. The highest BCUT2D eigenvalue weighted by molar-refractivity contribution is 6.21. The molecule has 1 aromatic carbocycles. The zero-order valence-corrected chi connectivity index (χ0v) is 9.00. The lowest BCUT2D eigenvalue weighted by molar-refractivity contribution is -0.132. The van der Waals surface area contributed by atoms with Crippen LogP contribution in [0.2, 0.25) is 0 Å². The fourth-order valence-corrected chi connectivity index (χ4v) is 0.728. The summed E-state index contributed by atoms with van der Waals surface area (Å²) < 4.78 is 4.71. The van der Waals surface area contributed by atoms with E-state index in [9.17, 15) is 9.59 Å². The monoisotopic (exact) mass is 248 g/mol. The summed E-state index contributed by atoms with van der Waals surface area (Å²) in [5.74, 6) is -1.54. The number of carbonyl (C=O) groups excluding carboxylic acids is 1. The van der Waals surface area contributed by atoms with Crippen molar-refractivity contribution in [3.63, 3.8) is 0 Å². The molecule has 8 nitrogen and oxygen atoms in total. The largest absolute Gasteiger partial charge is 0.473 e. The highest BCUT2D eigenvalue weighted by atomic mass is 16.5. The van der Waals surface area contributed by atoms with Crippen LogP contribution in [0.5, 0.6) is 5.75 Å². The first kappa shape index (κ1) is 14.9. The van der Waals surface area contributed by atoms with Gasteiger partial charge in [-0.2, -0.15) is 9.58 Å². The van der Waals surface area contributed by atoms with Gasteiger partial charge in [-0.05, 0) is 12.1 Å². The average Bonchev–Trinajstić information content (AvgIpc) is 2.31. The summed E-state index contributed by atoms with van der Waals surface area (Å²) in [7, 11) is 0. The van der Waals surface area contributed by atoms with Crippen LogP contribution in [0.4, 0.5) is 0 Å². The molecule has 0 atom stereocenters. The van der Waals surface area contributed by atoms with Crippen LogP contribution in [0, 0.1) is 0 Å². The van der Waals surface area contributed by atoms with Crippen LogP contribution in [0.1, 0.15) is 0 Å². The zero-order valence-electron chi connectivity index (χ0n) is 9.00. The first-order valence-corrected chi connectivity index (χ1v) is 4.44. The van der Waals surface area contributed by atoms with E-state index in [1.54, 1.807) is 30.3 Å². The van der Waals surface area contributed by atoms with Gasteiger partial charge in [0.25, 0.3) is 0 Å². The number of carboxylic acids is 1. The number of rotatable bonds is 3. The maximum absolute atomic E-state index is 10.7. The molecule has 92 valence electrons. The van der Waals surface area contributed by atoms with E-state index in [0.717, 1.165) is 0 Å². The van der Waals surface area contributed by atoms with Crippen LogP contribution in [-0.2, 0) is 9.59 Å². The predicted octanol–water partition coefficient (Wildman–Crippen LogP) is 0.264. The number of para-hydroxylation sites is 1. The second-order valence-corrected chi connectivity index (χ2v) is 2.56. The first-order valence-electron chi connectivity index (χ1n) is 4.44. The fourth-order valence-electron chi connectivity index (χ4n) is 0.728. The van der Waals surface area contributed by atoms with Crippen LogP contribution in [-0.4, -0.2) is 39.1 Å². The van der Waals surface area contributed by atoms with E-state index in [0.29, 0.717) is 18.2 Å². The molecule has 0 aliphatic heterocycles. The molecule has 0 fully saturated rings. The molecule has 8 heteroatoms. The Bertz CT molecular complexity index is 502. The molecule has 0 bridgehead atoms.